The van der Waals surface area contributed by atoms with Gasteiger partial charge in [0.1, 0.15) is 42.1 Å². The Morgan fingerprint density at radius 2 is 1.81 bits per heavy atom. The van der Waals surface area contributed by atoms with E-state index in [4.69, 9.17) is 24.2 Å². The Hall–Kier alpha value is -7.80. The fourth-order valence-corrected chi connectivity index (χ4v) is 11.6. The van der Waals surface area contributed by atoms with Crippen LogP contribution in [0.2, 0.25) is 0 Å². The molecule has 7 aromatic rings. The third kappa shape index (κ3) is 12.0. The predicted octanol–water partition coefficient (Wildman–Crippen LogP) is 10.1. The zero-order valence-corrected chi connectivity index (χ0v) is 47.4. The number of piperazine rings is 1. The van der Waals surface area contributed by atoms with Gasteiger partial charge in [0.25, 0.3) is 0 Å². The highest BCUT2D eigenvalue weighted by Gasteiger charge is 2.41. The average molecular weight is 1100 g/mol. The number of rotatable bonds is 21. The second kappa shape index (κ2) is 24.9. The molecule has 5 unspecified atom stereocenters. The number of amides is 2. The first-order valence-corrected chi connectivity index (χ1v) is 28.3. The number of aromatic amines is 1. The summed E-state index contributed by atoms with van der Waals surface area (Å²) in [6.45, 7) is 18.5. The number of carbonyl (C=O) groups excluding carboxylic acids is 2. The van der Waals surface area contributed by atoms with Crippen LogP contribution >= 0.6 is 0 Å². The number of likely N-dealkylation sites (tertiary alicyclic amines) is 1. The third-order valence-corrected chi connectivity index (χ3v) is 16.2. The van der Waals surface area contributed by atoms with Gasteiger partial charge in [-0.2, -0.15) is 15.1 Å². The topological polar surface area (TPSA) is 198 Å². The van der Waals surface area contributed by atoms with Gasteiger partial charge < -0.3 is 39.8 Å². The van der Waals surface area contributed by atoms with E-state index in [0.717, 1.165) is 113 Å². The van der Waals surface area contributed by atoms with E-state index in [9.17, 15) is 14.7 Å². The molecule has 0 spiro atoms. The zero-order chi connectivity index (χ0) is 56.9. The van der Waals surface area contributed by atoms with Gasteiger partial charge in [-0.1, -0.05) is 98.5 Å². The summed E-state index contributed by atoms with van der Waals surface area (Å²) >= 11 is 0. The average Bonchev–Trinajstić information content (AvgIpc) is 3.49. The van der Waals surface area contributed by atoms with Gasteiger partial charge in [-0.3, -0.25) is 14.7 Å². The van der Waals surface area contributed by atoms with Crippen LogP contribution in [0, 0.1) is 18.7 Å². The van der Waals surface area contributed by atoms with Gasteiger partial charge in [0.05, 0.1) is 36.7 Å². The van der Waals surface area contributed by atoms with Crippen molar-refractivity contribution in [2.24, 2.45) is 5.92 Å². The summed E-state index contributed by atoms with van der Waals surface area (Å²) < 4.78 is 36.5. The number of halogens is 1. The van der Waals surface area contributed by atoms with Gasteiger partial charge >= 0.3 is 6.01 Å². The quantitative estimate of drug-likeness (QED) is 0.0392. The number of anilines is 1. The first-order valence-electron chi connectivity index (χ1n) is 28.3. The molecule has 4 aliphatic rings. The Morgan fingerprint density at radius 1 is 1.02 bits per heavy atom. The number of hydrogen-bond donors (Lipinski definition) is 4. The Balaban J connectivity index is 0.000000331. The fourth-order valence-electron chi connectivity index (χ4n) is 11.6. The van der Waals surface area contributed by atoms with Crippen LogP contribution in [0.3, 0.4) is 0 Å². The highest BCUT2D eigenvalue weighted by molar-refractivity contribution is 6.06. The molecule has 4 fully saturated rings. The van der Waals surface area contributed by atoms with Crippen molar-refractivity contribution >= 4 is 45.5 Å². The van der Waals surface area contributed by atoms with Crippen molar-refractivity contribution in [1.82, 2.24) is 50.7 Å². The van der Waals surface area contributed by atoms with Crippen LogP contribution in [-0.2, 0) is 20.9 Å². The molecule has 3 saturated heterocycles. The molecule has 81 heavy (non-hydrogen) atoms. The van der Waals surface area contributed by atoms with E-state index in [-0.39, 0.29) is 67.6 Å². The molecule has 4 aromatic carbocycles. The summed E-state index contributed by atoms with van der Waals surface area (Å²) in [4.78, 5) is 38.7. The normalized spacial score (nSPS) is 19.1. The van der Waals surface area contributed by atoms with Crippen molar-refractivity contribution in [2.45, 2.75) is 122 Å². The van der Waals surface area contributed by atoms with E-state index < -0.39 is 6.04 Å². The van der Waals surface area contributed by atoms with Crippen molar-refractivity contribution in [3.8, 4) is 34.1 Å². The summed E-state index contributed by atoms with van der Waals surface area (Å²) in [6, 6.07) is 19.9. The zero-order valence-electron chi connectivity index (χ0n) is 47.4. The Bertz CT molecular complexity index is 3440. The van der Waals surface area contributed by atoms with E-state index in [2.05, 4.69) is 69.5 Å². The monoisotopic (exact) mass is 1100 g/mol. The van der Waals surface area contributed by atoms with E-state index in [1.807, 2.05) is 98.6 Å². The molecule has 3 aliphatic heterocycles. The summed E-state index contributed by atoms with van der Waals surface area (Å²) in [5.41, 5.74) is 9.86. The Labute approximate surface area is 472 Å². The lowest BCUT2D eigenvalue weighted by atomic mass is 9.88. The van der Waals surface area contributed by atoms with Crippen molar-refractivity contribution in [3.63, 3.8) is 0 Å². The lowest BCUT2D eigenvalue weighted by molar-refractivity contribution is -0.137. The molecule has 2 bridgehead atoms. The Kier molecular flexibility index (Phi) is 17.4. The summed E-state index contributed by atoms with van der Waals surface area (Å²) in [5.74, 6) is 1.46. The molecule has 18 heteroatoms. The summed E-state index contributed by atoms with van der Waals surface area (Å²) in [6.07, 6.45) is 16.8. The smallest absolute Gasteiger partial charge is 0.319 e. The molecule has 2 amide bonds. The minimum atomic E-state index is -0.430. The maximum Gasteiger partial charge on any atom is 0.319 e. The maximum atomic E-state index is 15.9. The molecular formula is C63H74FN11O6. The molecule has 11 rings (SSSR count). The second-order valence-electron chi connectivity index (χ2n) is 22.1. The fraction of sp³-hybridized carbons (Fsp3) is 0.413. The number of nitrogens with one attached hydrogen (secondary N) is 3. The van der Waals surface area contributed by atoms with Crippen molar-refractivity contribution < 1.29 is 33.3 Å². The van der Waals surface area contributed by atoms with Crippen LogP contribution < -0.4 is 25.0 Å². The number of nitrogens with zero attached hydrogens (tertiary/aromatic N) is 8. The van der Waals surface area contributed by atoms with Gasteiger partial charge in [0, 0.05) is 72.3 Å². The number of hydrogen-bond acceptors (Lipinski definition) is 13. The number of allylic oxidation sites excluding steroid dienone is 5. The summed E-state index contributed by atoms with van der Waals surface area (Å²) in [5, 5.41) is 33.4. The molecule has 1 aliphatic carbocycles. The molecule has 3 aromatic heterocycles. The van der Waals surface area contributed by atoms with Crippen LogP contribution in [0.25, 0.3) is 49.8 Å². The van der Waals surface area contributed by atoms with Crippen LogP contribution in [-0.4, -0.2) is 122 Å². The van der Waals surface area contributed by atoms with Crippen LogP contribution in [0.1, 0.15) is 113 Å². The number of aliphatic hydroxyl groups is 1. The number of ether oxygens (including phenoxy) is 3. The highest BCUT2D eigenvalue weighted by atomic mass is 19.1. The van der Waals surface area contributed by atoms with Gasteiger partial charge in [-0.05, 0) is 117 Å². The second-order valence-corrected chi connectivity index (χ2v) is 22.1. The minimum absolute atomic E-state index is 0.0462. The van der Waals surface area contributed by atoms with E-state index in [1.165, 1.54) is 6.07 Å². The number of aliphatic hydroxyl groups excluding tert-OH is 1. The Morgan fingerprint density at radius 3 is 2.46 bits per heavy atom. The van der Waals surface area contributed by atoms with Gasteiger partial charge in [-0.25, -0.2) is 9.07 Å². The summed E-state index contributed by atoms with van der Waals surface area (Å²) in [7, 11) is 1.65. The highest BCUT2D eigenvalue weighted by Crippen LogP contribution is 2.53. The number of fused-ring (bicyclic) bond motifs is 4. The molecule has 6 atom stereocenters. The van der Waals surface area contributed by atoms with Crippen LogP contribution in [0.4, 0.5) is 10.2 Å². The van der Waals surface area contributed by atoms with Crippen molar-refractivity contribution in [1.29, 1.82) is 0 Å². The van der Waals surface area contributed by atoms with Gasteiger partial charge in [-0.15, -0.1) is 5.10 Å². The van der Waals surface area contributed by atoms with E-state index in [1.54, 1.807) is 24.1 Å². The molecule has 0 radical (unpaired) electrons. The number of H-pyrrole nitrogens is 1. The molecule has 6 heterocycles. The molecule has 1 saturated carbocycles. The third-order valence-electron chi connectivity index (χ3n) is 16.2. The van der Waals surface area contributed by atoms with Gasteiger partial charge in [0.15, 0.2) is 5.75 Å². The standard InChI is InChI=1S/C47H55FN10O4.C16H19NO2/c1-25(2)43(46(59)56-15-7-8-26(56)3)58-22-39(54-55-58)31-11-9-29(10-12-31)24-61-44-41(40-28(5)37(48)18-38-36(40)20-50-53-38)34(30-13-14-30)17-35-42(44)51-47(62-23-27(4)60-6)52-45(35)57-21-32-16-33(57)19-49-32;1-3-5-13(6-4-2)14-7-9-15(10-8-14)16(11-18)17-12-19/h9-12,17-18,20,22,25-27,30,32-33,43,49H,7-8,13-16,19,21,23-24H2,1-6H3,(H,50,53);3-10,12,16,18H,1,11H2,2H3,(H,17,19)/b;6-4-,13-5+/t26?,27-,32?,33?,43?;/m0./s1. The molecule has 424 valence electrons. The number of methoxy groups -OCH3 is 1. The first kappa shape index (κ1) is 56.5. The van der Waals surface area contributed by atoms with Crippen LogP contribution in [0.15, 0.2) is 104 Å². The number of carbonyl (C=O) groups is 2. The molecule has 4 N–H and O–H groups in total. The predicted molar refractivity (Wildman–Crippen MR) is 313 cm³/mol. The van der Waals surface area contributed by atoms with Crippen LogP contribution in [0.5, 0.6) is 11.8 Å². The number of aromatic nitrogens is 7. The lowest BCUT2D eigenvalue weighted by Gasteiger charge is -2.30. The first-order chi connectivity index (χ1) is 39.3. The van der Waals surface area contributed by atoms with Gasteiger partial charge in [0.2, 0.25) is 12.3 Å². The van der Waals surface area contributed by atoms with E-state index in [0.29, 0.717) is 46.5 Å². The SMILES string of the molecule is C=C/C=C(\C=C/C)c1ccc(C(CO)NC=O)cc1.CO[C@@H](C)COc1nc(N2CC3CC2CN3)c2cc(C3CC3)c(-c3c(C)c(F)cc4[nH]ncc34)c(OCc3ccc(-c4cn(C(C(=O)N5CCCC5C)C(C)C)nn4)cc3)c2n1. The van der Waals surface area contributed by atoms with Crippen molar-refractivity contribution in [3.05, 3.63) is 138 Å². The molecule has 17 nitrogen and oxygen atoms in total. The van der Waals surface area contributed by atoms with Crippen molar-refractivity contribution in [2.75, 3.05) is 44.9 Å². The van der Waals surface area contributed by atoms with E-state index >= 15 is 4.39 Å². The molecular weight excluding hydrogens is 1030 g/mol. The number of benzene rings is 4. The minimum Gasteiger partial charge on any atom is -0.486 e. The largest absolute Gasteiger partial charge is 0.486 e. The maximum absolute atomic E-state index is 15.9. The lowest BCUT2D eigenvalue weighted by Crippen LogP contribution is -2.44.